The van der Waals surface area contributed by atoms with Gasteiger partial charge < -0.3 is 5.32 Å². The Bertz CT molecular complexity index is 749. The molecule has 1 N–H and O–H groups in total. The van der Waals surface area contributed by atoms with Crippen molar-refractivity contribution < 1.29 is 9.00 Å². The third-order valence-corrected chi connectivity index (χ3v) is 5.39. The number of nitrogens with one attached hydrogen (secondary N) is 1. The van der Waals surface area contributed by atoms with Crippen molar-refractivity contribution in [1.82, 2.24) is 19.7 Å². The van der Waals surface area contributed by atoms with Gasteiger partial charge in [-0.2, -0.15) is 5.10 Å². The Labute approximate surface area is 147 Å². The summed E-state index contributed by atoms with van der Waals surface area (Å²) in [6.45, 7) is 0.814. The van der Waals surface area contributed by atoms with Gasteiger partial charge in [0.2, 0.25) is 5.91 Å². The smallest absolute Gasteiger partial charge is 0.239 e. The predicted octanol–water partition coefficient (Wildman–Crippen LogP) is 1.21. The number of nitrogens with zero attached hydrogens (tertiary/aromatic N) is 4. The molecule has 1 fully saturated rings. The van der Waals surface area contributed by atoms with Gasteiger partial charge in [0.05, 0.1) is 17.8 Å². The molecule has 1 aliphatic heterocycles. The fourth-order valence-electron chi connectivity index (χ4n) is 2.66. The molecule has 1 aliphatic rings. The van der Waals surface area contributed by atoms with Crippen molar-refractivity contribution in [3.05, 3.63) is 41.3 Å². The van der Waals surface area contributed by atoms with Crippen LogP contribution in [0.3, 0.4) is 0 Å². The van der Waals surface area contributed by atoms with Crippen LogP contribution in [0.25, 0.3) is 0 Å². The SMILES string of the molecule is Cn1cc([C@@H]2C[S@@](=O)CCN2CC(=O)Nc2ccc(Cl)cn2)cn1. The molecule has 3 heterocycles. The van der Waals surface area contributed by atoms with Crippen LogP contribution in [0, 0.1) is 0 Å². The summed E-state index contributed by atoms with van der Waals surface area (Å²) >= 11 is 5.79. The van der Waals surface area contributed by atoms with Crippen LogP contribution in [-0.2, 0) is 22.6 Å². The van der Waals surface area contributed by atoms with E-state index in [-0.39, 0.29) is 18.5 Å². The van der Waals surface area contributed by atoms with Gasteiger partial charge in [0.1, 0.15) is 5.82 Å². The number of aryl methyl sites for hydroxylation is 1. The lowest BCUT2D eigenvalue weighted by molar-refractivity contribution is -0.117. The number of rotatable bonds is 4. The van der Waals surface area contributed by atoms with Crippen LogP contribution >= 0.6 is 11.6 Å². The quantitative estimate of drug-likeness (QED) is 0.878. The fraction of sp³-hybridized carbons (Fsp3) is 0.400. The van der Waals surface area contributed by atoms with E-state index >= 15 is 0 Å². The highest BCUT2D eigenvalue weighted by atomic mass is 35.5. The molecule has 2 aromatic heterocycles. The predicted molar refractivity (Wildman–Crippen MR) is 93.3 cm³/mol. The molecule has 128 valence electrons. The van der Waals surface area contributed by atoms with Crippen LogP contribution in [0.4, 0.5) is 5.82 Å². The maximum absolute atomic E-state index is 12.3. The van der Waals surface area contributed by atoms with Crippen LogP contribution in [-0.4, -0.2) is 54.4 Å². The number of pyridine rings is 1. The van der Waals surface area contributed by atoms with E-state index in [9.17, 15) is 9.00 Å². The molecule has 1 saturated heterocycles. The first-order valence-electron chi connectivity index (χ1n) is 7.50. The molecule has 2 aromatic rings. The highest BCUT2D eigenvalue weighted by Gasteiger charge is 2.30. The highest BCUT2D eigenvalue weighted by Crippen LogP contribution is 2.24. The topological polar surface area (TPSA) is 80.1 Å². The molecule has 24 heavy (non-hydrogen) atoms. The summed E-state index contributed by atoms with van der Waals surface area (Å²) < 4.78 is 13.7. The molecule has 3 rings (SSSR count). The number of amides is 1. The second-order valence-corrected chi connectivity index (χ2v) is 7.71. The van der Waals surface area contributed by atoms with Crippen LogP contribution in [0.15, 0.2) is 30.7 Å². The zero-order valence-electron chi connectivity index (χ0n) is 13.2. The molecular weight excluding hydrogens is 350 g/mol. The summed E-state index contributed by atoms with van der Waals surface area (Å²) in [5.74, 6) is 1.39. The molecule has 2 atom stereocenters. The number of halogens is 1. The zero-order chi connectivity index (χ0) is 17.1. The third kappa shape index (κ3) is 4.19. The maximum Gasteiger partial charge on any atom is 0.239 e. The van der Waals surface area contributed by atoms with Gasteiger partial charge in [-0.1, -0.05) is 11.6 Å². The van der Waals surface area contributed by atoms with E-state index in [0.29, 0.717) is 28.9 Å². The monoisotopic (exact) mass is 367 g/mol. The summed E-state index contributed by atoms with van der Waals surface area (Å²) in [5.41, 5.74) is 0.975. The average molecular weight is 368 g/mol. The van der Waals surface area contributed by atoms with Crippen LogP contribution in [0.2, 0.25) is 5.02 Å². The first kappa shape index (κ1) is 17.1. The normalized spacial score (nSPS) is 21.6. The molecule has 7 nitrogen and oxygen atoms in total. The number of anilines is 1. The largest absolute Gasteiger partial charge is 0.310 e. The van der Waals surface area contributed by atoms with Gasteiger partial charge in [-0.05, 0) is 12.1 Å². The number of carbonyl (C=O) groups is 1. The Morgan fingerprint density at radius 3 is 2.96 bits per heavy atom. The van der Waals surface area contributed by atoms with Crippen molar-refractivity contribution >= 4 is 34.1 Å². The second kappa shape index (κ2) is 7.42. The summed E-state index contributed by atoms with van der Waals surface area (Å²) in [7, 11) is 0.965. The Morgan fingerprint density at radius 1 is 1.46 bits per heavy atom. The first-order chi connectivity index (χ1) is 11.5. The van der Waals surface area contributed by atoms with Crippen molar-refractivity contribution in [1.29, 1.82) is 0 Å². The minimum Gasteiger partial charge on any atom is -0.310 e. The molecule has 0 aromatic carbocycles. The van der Waals surface area contributed by atoms with Crippen molar-refractivity contribution in [3.63, 3.8) is 0 Å². The average Bonchev–Trinajstić information content (AvgIpc) is 2.98. The molecule has 0 bridgehead atoms. The summed E-state index contributed by atoms with van der Waals surface area (Å²) in [6, 6.07) is 3.26. The van der Waals surface area contributed by atoms with Crippen LogP contribution in [0.1, 0.15) is 11.6 Å². The minimum absolute atomic E-state index is 0.0720. The first-order valence-corrected chi connectivity index (χ1v) is 9.37. The number of carbonyl (C=O) groups excluding carboxylic acids is 1. The van der Waals surface area contributed by atoms with E-state index in [1.165, 1.54) is 6.20 Å². The van der Waals surface area contributed by atoms with Crippen LogP contribution in [0.5, 0.6) is 0 Å². The van der Waals surface area contributed by atoms with Gasteiger partial charge in [-0.25, -0.2) is 4.98 Å². The van der Waals surface area contributed by atoms with Crippen molar-refractivity contribution in [2.45, 2.75) is 6.04 Å². The van der Waals surface area contributed by atoms with Gasteiger partial charge in [-0.3, -0.25) is 18.6 Å². The molecular formula is C15H18ClN5O2S. The fourth-order valence-corrected chi connectivity index (χ4v) is 4.14. The molecule has 0 saturated carbocycles. The number of hydrogen-bond donors (Lipinski definition) is 1. The minimum atomic E-state index is -0.875. The summed E-state index contributed by atoms with van der Waals surface area (Å²) in [5, 5.41) is 7.45. The Morgan fingerprint density at radius 2 is 2.29 bits per heavy atom. The molecule has 0 spiro atoms. The van der Waals surface area contributed by atoms with Gasteiger partial charge in [0.25, 0.3) is 0 Å². The molecule has 9 heteroatoms. The van der Waals surface area contributed by atoms with Crippen molar-refractivity contribution in [2.24, 2.45) is 7.05 Å². The summed E-state index contributed by atoms with van der Waals surface area (Å²) in [4.78, 5) is 18.4. The number of hydrogen-bond acceptors (Lipinski definition) is 5. The van der Waals surface area contributed by atoms with E-state index in [2.05, 4.69) is 15.4 Å². The van der Waals surface area contributed by atoms with Crippen molar-refractivity contribution in [2.75, 3.05) is 29.9 Å². The maximum atomic E-state index is 12.3. The van der Waals surface area contributed by atoms with E-state index in [1.807, 2.05) is 18.1 Å². The lowest BCUT2D eigenvalue weighted by atomic mass is 10.1. The Hall–Kier alpha value is -1.77. The van der Waals surface area contributed by atoms with Crippen molar-refractivity contribution in [3.8, 4) is 0 Å². The standard InChI is InChI=1S/C15H18ClN5O2S/c1-20-8-11(6-18-20)13-10-24(23)5-4-21(13)9-15(22)19-14-3-2-12(16)7-17-14/h2-3,6-8,13H,4-5,9-10H2,1H3,(H,17,19,22)/t13-,24-/m0/s1. The van der Waals surface area contributed by atoms with Gasteiger partial charge in [-0.15, -0.1) is 0 Å². The molecule has 0 radical (unpaired) electrons. The second-order valence-electron chi connectivity index (χ2n) is 5.65. The Balaban J connectivity index is 1.68. The summed E-state index contributed by atoms with van der Waals surface area (Å²) in [6.07, 6.45) is 5.15. The number of aromatic nitrogens is 3. The molecule has 0 aliphatic carbocycles. The van der Waals surface area contributed by atoms with Gasteiger partial charge >= 0.3 is 0 Å². The van der Waals surface area contributed by atoms with E-state index in [4.69, 9.17) is 11.6 Å². The van der Waals surface area contributed by atoms with E-state index < -0.39 is 10.8 Å². The Kier molecular flexibility index (Phi) is 5.27. The van der Waals surface area contributed by atoms with Crippen LogP contribution < -0.4 is 5.32 Å². The molecule has 1 amide bonds. The lowest BCUT2D eigenvalue weighted by Crippen LogP contribution is -2.44. The zero-order valence-corrected chi connectivity index (χ0v) is 14.8. The molecule has 0 unspecified atom stereocenters. The third-order valence-electron chi connectivity index (χ3n) is 3.84. The van der Waals surface area contributed by atoms with E-state index in [0.717, 1.165) is 5.56 Å². The van der Waals surface area contributed by atoms with E-state index in [1.54, 1.807) is 23.0 Å². The highest BCUT2D eigenvalue weighted by molar-refractivity contribution is 7.85. The lowest BCUT2D eigenvalue weighted by Gasteiger charge is -2.34. The van der Waals surface area contributed by atoms with Gasteiger partial charge in [0.15, 0.2) is 0 Å². The van der Waals surface area contributed by atoms with Gasteiger partial charge in [0, 0.05) is 59.9 Å².